The maximum atomic E-state index is 13.9. The van der Waals surface area contributed by atoms with Crippen molar-refractivity contribution < 1.29 is 32.2 Å². The molecule has 0 amide bonds. The molecular weight excluding hydrogens is 520 g/mol. The third-order valence-electron chi connectivity index (χ3n) is 7.37. The Kier molecular flexibility index (Phi) is 8.76. The molecule has 2 aliphatic rings. The average Bonchev–Trinajstić information content (AvgIpc) is 3.15. The molecule has 0 saturated carbocycles. The first-order chi connectivity index (χ1) is 17.3. The smallest absolute Gasteiger partial charge is 0.311 e. The molecule has 0 radical (unpaired) electrons. The van der Waals surface area contributed by atoms with E-state index in [1.807, 2.05) is 6.07 Å². The summed E-state index contributed by atoms with van der Waals surface area (Å²) in [5.74, 6) is -0.678. The lowest BCUT2D eigenvalue weighted by molar-refractivity contribution is -0.159. The zero-order valence-electron chi connectivity index (χ0n) is 24.3. The van der Waals surface area contributed by atoms with Gasteiger partial charge in [0, 0.05) is 8.07 Å². The van der Waals surface area contributed by atoms with Gasteiger partial charge in [0.05, 0.1) is 21.0 Å². The van der Waals surface area contributed by atoms with E-state index in [4.69, 9.17) is 14.2 Å². The van der Waals surface area contributed by atoms with Crippen molar-refractivity contribution in [1.29, 1.82) is 0 Å². The highest BCUT2D eigenvalue weighted by Gasteiger charge is 2.50. The number of ether oxygens (including phenoxy) is 3. The number of sulfone groups is 1. The van der Waals surface area contributed by atoms with Crippen LogP contribution in [0, 0.1) is 10.8 Å². The summed E-state index contributed by atoms with van der Waals surface area (Å²) in [6.07, 6.45) is -0.203. The fourth-order valence-electron chi connectivity index (χ4n) is 5.02. The van der Waals surface area contributed by atoms with Crippen molar-refractivity contribution in [2.24, 2.45) is 10.8 Å². The molecule has 7 nitrogen and oxygen atoms in total. The van der Waals surface area contributed by atoms with Crippen LogP contribution in [-0.2, 0) is 33.6 Å². The first-order valence-corrected chi connectivity index (χ1v) is 18.5. The maximum Gasteiger partial charge on any atom is 0.311 e. The molecular formula is C29H44O7SSi. The van der Waals surface area contributed by atoms with E-state index >= 15 is 0 Å². The van der Waals surface area contributed by atoms with Gasteiger partial charge in [-0.05, 0) is 83.2 Å². The number of hydrogen-bond acceptors (Lipinski definition) is 7. The van der Waals surface area contributed by atoms with Crippen molar-refractivity contribution in [3.63, 3.8) is 0 Å². The second kappa shape index (κ2) is 10.9. The highest BCUT2D eigenvalue weighted by molar-refractivity contribution is 7.92. The van der Waals surface area contributed by atoms with Crippen molar-refractivity contribution in [2.75, 3.05) is 13.2 Å². The largest absolute Gasteiger partial charge is 0.462 e. The van der Waals surface area contributed by atoms with Crippen molar-refractivity contribution in [2.45, 2.75) is 102 Å². The molecule has 0 aromatic heterocycles. The summed E-state index contributed by atoms with van der Waals surface area (Å²) >= 11 is 0. The van der Waals surface area contributed by atoms with Crippen molar-refractivity contribution in [3.05, 3.63) is 41.5 Å². The normalized spacial score (nSPS) is 24.7. The first kappa shape index (κ1) is 30.6. The summed E-state index contributed by atoms with van der Waals surface area (Å²) in [4.78, 5) is 25.4. The molecule has 0 spiro atoms. The van der Waals surface area contributed by atoms with Crippen LogP contribution >= 0.6 is 0 Å². The first-order valence-electron chi connectivity index (χ1n) is 13.3. The highest BCUT2D eigenvalue weighted by atomic mass is 32.2. The Labute approximate surface area is 229 Å². The zero-order chi connectivity index (χ0) is 28.7. The van der Waals surface area contributed by atoms with Gasteiger partial charge in [0.1, 0.15) is 25.4 Å². The van der Waals surface area contributed by atoms with E-state index in [0.717, 1.165) is 11.1 Å². The third kappa shape index (κ3) is 6.77. The SMILES string of the molecule is CC(C)(C)C(=O)OC[C@@H]1O[C@H](COC(=O)C(C)(C)C)C2=C1C[C@@H]([Si](C)(C)C)[C@H](S(=O)(=O)c1ccccc1)C2. The van der Waals surface area contributed by atoms with Crippen LogP contribution in [0.2, 0.25) is 25.2 Å². The van der Waals surface area contributed by atoms with Gasteiger partial charge in [0.2, 0.25) is 0 Å². The van der Waals surface area contributed by atoms with Crippen LogP contribution in [0.25, 0.3) is 0 Å². The van der Waals surface area contributed by atoms with Crippen molar-refractivity contribution in [3.8, 4) is 0 Å². The predicted octanol–water partition coefficient (Wildman–Crippen LogP) is 5.57. The summed E-state index contributed by atoms with van der Waals surface area (Å²) in [5.41, 5.74) is 0.482. The highest BCUT2D eigenvalue weighted by Crippen LogP contribution is 2.50. The molecule has 1 aromatic rings. The molecule has 0 unspecified atom stereocenters. The summed E-state index contributed by atoms with van der Waals surface area (Å²) in [5, 5.41) is -0.601. The van der Waals surface area contributed by atoms with Crippen LogP contribution in [0.15, 0.2) is 46.4 Å². The van der Waals surface area contributed by atoms with E-state index in [9.17, 15) is 18.0 Å². The van der Waals surface area contributed by atoms with E-state index in [0.29, 0.717) is 17.7 Å². The molecule has 4 atom stereocenters. The molecule has 0 N–H and O–H groups in total. The molecule has 0 fully saturated rings. The second-order valence-corrected chi connectivity index (χ2v) is 21.3. The Hall–Kier alpha value is -1.97. The van der Waals surface area contributed by atoms with Gasteiger partial charge < -0.3 is 14.2 Å². The molecule has 0 saturated heterocycles. The molecule has 38 heavy (non-hydrogen) atoms. The van der Waals surface area contributed by atoms with Gasteiger partial charge >= 0.3 is 11.9 Å². The molecule has 1 aliphatic heterocycles. The van der Waals surface area contributed by atoms with Gasteiger partial charge in [-0.15, -0.1) is 0 Å². The van der Waals surface area contributed by atoms with Crippen LogP contribution in [-0.4, -0.2) is 59.1 Å². The van der Waals surface area contributed by atoms with Gasteiger partial charge in [0.15, 0.2) is 9.84 Å². The molecule has 1 aromatic carbocycles. The second-order valence-electron chi connectivity index (χ2n) is 13.6. The minimum atomic E-state index is -3.62. The fourth-order valence-corrected chi connectivity index (χ4v) is 10.7. The van der Waals surface area contributed by atoms with Gasteiger partial charge in [-0.2, -0.15) is 0 Å². The Balaban J connectivity index is 1.99. The van der Waals surface area contributed by atoms with Gasteiger partial charge in [-0.25, -0.2) is 8.42 Å². The number of carbonyl (C=O) groups excluding carboxylic acids is 2. The topological polar surface area (TPSA) is 96.0 Å². The molecule has 1 heterocycles. The summed E-state index contributed by atoms with van der Waals surface area (Å²) in [6, 6.07) is 8.62. The maximum absolute atomic E-state index is 13.9. The Bertz CT molecular complexity index is 1170. The van der Waals surface area contributed by atoms with Crippen LogP contribution < -0.4 is 0 Å². The van der Waals surface area contributed by atoms with E-state index in [1.165, 1.54) is 0 Å². The summed E-state index contributed by atoms with van der Waals surface area (Å²) in [7, 11) is -5.59. The van der Waals surface area contributed by atoms with Crippen molar-refractivity contribution >= 4 is 29.8 Å². The molecule has 1 aliphatic carbocycles. The number of carbonyl (C=O) groups is 2. The van der Waals surface area contributed by atoms with E-state index in [-0.39, 0.29) is 30.7 Å². The Morgan fingerprint density at radius 1 is 0.842 bits per heavy atom. The van der Waals surface area contributed by atoms with E-state index in [2.05, 4.69) is 19.6 Å². The number of benzene rings is 1. The number of rotatable bonds is 7. The fraction of sp³-hybridized carbons (Fsp3) is 0.655. The Morgan fingerprint density at radius 2 is 1.29 bits per heavy atom. The monoisotopic (exact) mass is 564 g/mol. The Morgan fingerprint density at radius 3 is 1.71 bits per heavy atom. The quantitative estimate of drug-likeness (QED) is 0.243. The van der Waals surface area contributed by atoms with E-state index in [1.54, 1.807) is 65.8 Å². The van der Waals surface area contributed by atoms with E-state index < -0.39 is 46.2 Å². The van der Waals surface area contributed by atoms with Gasteiger partial charge in [-0.1, -0.05) is 37.8 Å². The molecule has 9 heteroatoms. The molecule has 212 valence electrons. The van der Waals surface area contributed by atoms with Crippen LogP contribution in [0.5, 0.6) is 0 Å². The lowest BCUT2D eigenvalue weighted by atomic mass is 9.87. The third-order valence-corrected chi connectivity index (χ3v) is 12.7. The minimum absolute atomic E-state index is 0.00558. The summed E-state index contributed by atoms with van der Waals surface area (Å²) in [6.45, 7) is 17.4. The lowest BCUT2D eigenvalue weighted by Gasteiger charge is -2.40. The van der Waals surface area contributed by atoms with Gasteiger partial charge in [-0.3, -0.25) is 9.59 Å². The molecule has 3 rings (SSSR count). The van der Waals surface area contributed by atoms with Gasteiger partial charge in [0.25, 0.3) is 0 Å². The number of esters is 2. The van der Waals surface area contributed by atoms with Crippen LogP contribution in [0.3, 0.4) is 0 Å². The minimum Gasteiger partial charge on any atom is -0.462 e. The predicted molar refractivity (Wildman–Crippen MR) is 150 cm³/mol. The summed E-state index contributed by atoms with van der Waals surface area (Å²) < 4.78 is 45.5. The number of hydrogen-bond donors (Lipinski definition) is 0. The van der Waals surface area contributed by atoms with Crippen LogP contribution in [0.4, 0.5) is 0 Å². The zero-order valence-corrected chi connectivity index (χ0v) is 26.1. The van der Waals surface area contributed by atoms with Crippen molar-refractivity contribution in [1.82, 2.24) is 0 Å². The lowest BCUT2D eigenvalue weighted by Crippen LogP contribution is -2.44. The molecule has 0 bridgehead atoms. The average molecular weight is 565 g/mol. The van der Waals surface area contributed by atoms with Crippen LogP contribution in [0.1, 0.15) is 54.4 Å². The standard InChI is InChI=1S/C29H44O7SSi/c1-28(2,3)26(30)34-17-22-20-15-24(37(32,33)19-13-11-10-12-14-19)25(38(7,8)9)16-21(20)23(36-22)18-35-27(31)29(4,5)6/h10-14,22-25H,15-18H2,1-9H3/t22-,23+,24-,25-/m1/s1.